The van der Waals surface area contributed by atoms with E-state index in [1.807, 2.05) is 0 Å². The molecule has 0 aliphatic rings. The van der Waals surface area contributed by atoms with Gasteiger partial charge in [-0.25, -0.2) is 0 Å². The zero-order valence-electron chi connectivity index (χ0n) is 8.43. The van der Waals surface area contributed by atoms with Crippen molar-refractivity contribution >= 4 is 5.91 Å². The van der Waals surface area contributed by atoms with Gasteiger partial charge in [0.05, 0.1) is 12.4 Å². The van der Waals surface area contributed by atoms with Crippen LogP contribution in [0.25, 0.3) is 0 Å². The highest BCUT2D eigenvalue weighted by molar-refractivity contribution is 5.78. The zero-order valence-corrected chi connectivity index (χ0v) is 8.43. The van der Waals surface area contributed by atoms with Gasteiger partial charge < -0.3 is 10.5 Å². The molecule has 1 heterocycles. The molecule has 1 aromatic rings. The van der Waals surface area contributed by atoms with Crippen molar-refractivity contribution in [3.05, 3.63) is 12.4 Å². The van der Waals surface area contributed by atoms with Crippen LogP contribution in [0.15, 0.2) is 12.4 Å². The Kier molecular flexibility index (Phi) is 3.50. The van der Waals surface area contributed by atoms with E-state index in [2.05, 4.69) is 12.0 Å². The van der Waals surface area contributed by atoms with Crippen LogP contribution >= 0.6 is 0 Å². The minimum absolute atomic E-state index is 0.478. The topological polar surface area (TPSA) is 70.1 Å². The average molecular weight is 197 g/mol. The number of hydrogen-bond donors (Lipinski definition) is 1. The third-order valence-corrected chi connectivity index (χ3v) is 1.78. The molecule has 0 fully saturated rings. The van der Waals surface area contributed by atoms with Gasteiger partial charge in [-0.3, -0.25) is 9.48 Å². The Morgan fingerprint density at radius 3 is 3.07 bits per heavy atom. The number of amides is 1. The number of ether oxygens (including phenoxy) is 1. The van der Waals surface area contributed by atoms with E-state index < -0.39 is 12.0 Å². The molecule has 1 amide bonds. The maximum Gasteiger partial charge on any atom is 0.258 e. The van der Waals surface area contributed by atoms with Crippen LogP contribution in [0.4, 0.5) is 0 Å². The van der Waals surface area contributed by atoms with Crippen LogP contribution < -0.4 is 10.5 Å². The van der Waals surface area contributed by atoms with E-state index in [0.29, 0.717) is 5.75 Å². The first-order valence-electron chi connectivity index (χ1n) is 4.62. The second-order valence-electron chi connectivity index (χ2n) is 3.10. The van der Waals surface area contributed by atoms with Crippen LogP contribution in [0.5, 0.6) is 5.75 Å². The minimum atomic E-state index is -0.616. The largest absolute Gasteiger partial charge is 0.478 e. The summed E-state index contributed by atoms with van der Waals surface area (Å²) in [6.45, 7) is 4.52. The first-order valence-corrected chi connectivity index (χ1v) is 4.62. The number of aromatic nitrogens is 2. The molecule has 0 aliphatic heterocycles. The third-order valence-electron chi connectivity index (χ3n) is 1.78. The quantitative estimate of drug-likeness (QED) is 0.749. The van der Waals surface area contributed by atoms with Crippen molar-refractivity contribution in [2.24, 2.45) is 5.73 Å². The van der Waals surface area contributed by atoms with Gasteiger partial charge in [0.1, 0.15) is 0 Å². The van der Waals surface area contributed by atoms with E-state index >= 15 is 0 Å². The maximum atomic E-state index is 10.7. The summed E-state index contributed by atoms with van der Waals surface area (Å²) in [6, 6.07) is 0. The van der Waals surface area contributed by atoms with E-state index in [4.69, 9.17) is 10.5 Å². The van der Waals surface area contributed by atoms with E-state index in [1.165, 1.54) is 0 Å². The zero-order chi connectivity index (χ0) is 10.6. The number of primary amides is 1. The molecular weight excluding hydrogens is 182 g/mol. The van der Waals surface area contributed by atoms with Crippen molar-refractivity contribution in [2.75, 3.05) is 0 Å². The molecule has 0 aliphatic carbocycles. The fraction of sp³-hybridized carbons (Fsp3) is 0.556. The summed E-state index contributed by atoms with van der Waals surface area (Å²) in [5.41, 5.74) is 5.06. The van der Waals surface area contributed by atoms with Gasteiger partial charge in [0, 0.05) is 6.54 Å². The number of carbonyl (C=O) groups is 1. The van der Waals surface area contributed by atoms with Crippen molar-refractivity contribution in [3.8, 4) is 5.75 Å². The Hall–Kier alpha value is -1.52. The summed E-state index contributed by atoms with van der Waals surface area (Å²) in [5, 5.41) is 4.06. The van der Waals surface area contributed by atoms with Crippen molar-refractivity contribution in [1.29, 1.82) is 0 Å². The molecule has 78 valence electrons. The van der Waals surface area contributed by atoms with Crippen molar-refractivity contribution in [3.63, 3.8) is 0 Å². The third kappa shape index (κ3) is 2.76. The summed E-state index contributed by atoms with van der Waals surface area (Å²) in [7, 11) is 0. The Morgan fingerprint density at radius 2 is 2.50 bits per heavy atom. The molecule has 1 rings (SSSR count). The second-order valence-corrected chi connectivity index (χ2v) is 3.10. The fourth-order valence-electron chi connectivity index (χ4n) is 1.02. The lowest BCUT2D eigenvalue weighted by molar-refractivity contribution is -0.123. The van der Waals surface area contributed by atoms with Gasteiger partial charge in [0.2, 0.25) is 0 Å². The number of carbonyl (C=O) groups excluding carboxylic acids is 1. The average Bonchev–Trinajstić information content (AvgIpc) is 2.53. The maximum absolute atomic E-state index is 10.7. The molecule has 2 N–H and O–H groups in total. The van der Waals surface area contributed by atoms with Crippen molar-refractivity contribution < 1.29 is 9.53 Å². The van der Waals surface area contributed by atoms with Crippen molar-refractivity contribution in [2.45, 2.75) is 32.9 Å². The highest BCUT2D eigenvalue weighted by Gasteiger charge is 2.10. The Balaban J connectivity index is 2.55. The smallest absolute Gasteiger partial charge is 0.258 e. The van der Waals surface area contributed by atoms with E-state index in [1.54, 1.807) is 24.0 Å². The van der Waals surface area contributed by atoms with Gasteiger partial charge in [-0.2, -0.15) is 5.10 Å². The van der Waals surface area contributed by atoms with Crippen LogP contribution in [0, 0.1) is 0 Å². The van der Waals surface area contributed by atoms with Gasteiger partial charge in [-0.15, -0.1) is 0 Å². The minimum Gasteiger partial charge on any atom is -0.478 e. The molecule has 14 heavy (non-hydrogen) atoms. The Labute approximate surface area is 82.8 Å². The molecule has 0 saturated carbocycles. The molecule has 0 spiro atoms. The number of nitrogens with zero attached hydrogens (tertiary/aromatic N) is 2. The van der Waals surface area contributed by atoms with Gasteiger partial charge in [-0.05, 0) is 13.3 Å². The summed E-state index contributed by atoms with van der Waals surface area (Å²) in [5.74, 6) is 0.0954. The van der Waals surface area contributed by atoms with Gasteiger partial charge >= 0.3 is 0 Å². The first-order chi connectivity index (χ1) is 6.63. The Morgan fingerprint density at radius 1 is 1.79 bits per heavy atom. The lowest BCUT2D eigenvalue weighted by atomic mass is 10.4. The van der Waals surface area contributed by atoms with E-state index in [-0.39, 0.29) is 0 Å². The summed E-state index contributed by atoms with van der Waals surface area (Å²) < 4.78 is 7.01. The lowest BCUT2D eigenvalue weighted by Gasteiger charge is -2.07. The summed E-state index contributed by atoms with van der Waals surface area (Å²) in [6.07, 6.45) is 3.72. The van der Waals surface area contributed by atoms with Gasteiger partial charge in [0.25, 0.3) is 5.91 Å². The number of rotatable bonds is 5. The van der Waals surface area contributed by atoms with Gasteiger partial charge in [0.15, 0.2) is 11.9 Å². The molecule has 0 radical (unpaired) electrons. The summed E-state index contributed by atoms with van der Waals surface area (Å²) in [4.78, 5) is 10.7. The van der Waals surface area contributed by atoms with Crippen LogP contribution in [-0.4, -0.2) is 21.8 Å². The molecule has 5 heteroatoms. The predicted octanol–water partition coefficient (Wildman–Crippen LogP) is 0.546. The molecular formula is C9H15N3O2. The van der Waals surface area contributed by atoms with Crippen LogP contribution in [0.3, 0.4) is 0 Å². The van der Waals surface area contributed by atoms with E-state index in [0.717, 1.165) is 13.0 Å². The number of hydrogen-bond acceptors (Lipinski definition) is 3. The Bertz CT molecular complexity index is 309. The molecule has 1 atom stereocenters. The predicted molar refractivity (Wildman–Crippen MR) is 51.8 cm³/mol. The molecule has 1 unspecified atom stereocenters. The number of nitrogens with two attached hydrogens (primary N) is 1. The molecule has 1 aromatic heterocycles. The standard InChI is InChI=1S/C9H15N3O2/c1-3-4-12-6-8(5-11-12)14-7(2)9(10)13/h5-7H,3-4H2,1-2H3,(H2,10,13). The first kappa shape index (κ1) is 10.6. The molecule has 0 saturated heterocycles. The molecule has 0 bridgehead atoms. The monoisotopic (exact) mass is 197 g/mol. The highest BCUT2D eigenvalue weighted by atomic mass is 16.5. The second kappa shape index (κ2) is 4.64. The van der Waals surface area contributed by atoms with Gasteiger partial charge in [-0.1, -0.05) is 6.92 Å². The lowest BCUT2D eigenvalue weighted by Crippen LogP contribution is -2.30. The van der Waals surface area contributed by atoms with Crippen LogP contribution in [0.2, 0.25) is 0 Å². The van der Waals surface area contributed by atoms with E-state index in [9.17, 15) is 4.79 Å². The molecule has 5 nitrogen and oxygen atoms in total. The fourth-order valence-corrected chi connectivity index (χ4v) is 1.02. The SMILES string of the molecule is CCCn1cc(OC(C)C(N)=O)cn1. The van der Waals surface area contributed by atoms with Crippen LogP contribution in [-0.2, 0) is 11.3 Å². The van der Waals surface area contributed by atoms with Crippen molar-refractivity contribution in [1.82, 2.24) is 9.78 Å². The molecule has 0 aromatic carbocycles. The van der Waals surface area contributed by atoms with Crippen LogP contribution in [0.1, 0.15) is 20.3 Å². The normalized spacial score (nSPS) is 12.4. The number of aryl methyl sites for hydroxylation is 1. The highest BCUT2D eigenvalue weighted by Crippen LogP contribution is 2.10. The summed E-state index contributed by atoms with van der Waals surface area (Å²) >= 11 is 0.